The summed E-state index contributed by atoms with van der Waals surface area (Å²) in [6.45, 7) is 3.22. The van der Waals surface area contributed by atoms with Gasteiger partial charge in [0, 0.05) is 24.7 Å². The lowest BCUT2D eigenvalue weighted by Gasteiger charge is -2.33. The normalized spacial score (nSPS) is 22.3. The maximum atomic E-state index is 11.9. The Morgan fingerprint density at radius 1 is 1.15 bits per heavy atom. The first-order chi connectivity index (χ1) is 12.5. The molecule has 1 atom stereocenters. The summed E-state index contributed by atoms with van der Waals surface area (Å²) in [5, 5.41) is 13.1. The van der Waals surface area contributed by atoms with Crippen LogP contribution in [0.5, 0.6) is 17.2 Å². The highest BCUT2D eigenvalue weighted by Gasteiger charge is 2.47. The number of nitrogens with zero attached hydrogens (tertiary/aromatic N) is 1. The average molecular weight is 364 g/mol. The number of ether oxygens (including phenoxy) is 3. The largest absolute Gasteiger partial charge is 0.496 e. The maximum absolute atomic E-state index is 11.9. The van der Waals surface area contributed by atoms with Crippen LogP contribution in [0.4, 0.5) is 0 Å². The van der Waals surface area contributed by atoms with Crippen molar-refractivity contribution in [3.05, 3.63) is 17.7 Å². The number of hydrogen-bond donors (Lipinski definition) is 2. The van der Waals surface area contributed by atoms with Gasteiger partial charge >= 0.3 is 5.97 Å². The molecule has 7 heteroatoms. The molecule has 7 nitrogen and oxygen atoms in total. The van der Waals surface area contributed by atoms with Crippen LogP contribution < -0.4 is 19.5 Å². The first kappa shape index (κ1) is 18.8. The summed E-state index contributed by atoms with van der Waals surface area (Å²) >= 11 is 0. The molecule has 0 aliphatic carbocycles. The van der Waals surface area contributed by atoms with Crippen LogP contribution in [-0.2, 0) is 11.3 Å². The summed E-state index contributed by atoms with van der Waals surface area (Å²) in [4.78, 5) is 13.9. The van der Waals surface area contributed by atoms with Gasteiger partial charge in [-0.25, -0.2) is 0 Å². The predicted octanol–water partition coefficient (Wildman–Crippen LogP) is 1.74. The number of rotatable bonds is 6. The minimum atomic E-state index is -0.750. The van der Waals surface area contributed by atoms with Gasteiger partial charge in [0.2, 0.25) is 0 Å². The summed E-state index contributed by atoms with van der Waals surface area (Å²) in [5.41, 5.74) is 1.00. The molecule has 2 aliphatic rings. The zero-order chi connectivity index (χ0) is 18.7. The van der Waals surface area contributed by atoms with Crippen LogP contribution in [0.1, 0.15) is 24.8 Å². The molecule has 144 valence electrons. The molecule has 0 unspecified atom stereocenters. The van der Waals surface area contributed by atoms with E-state index in [1.54, 1.807) is 27.4 Å². The number of carbonyl (C=O) groups is 1. The molecule has 0 saturated carbocycles. The van der Waals surface area contributed by atoms with E-state index in [1.165, 1.54) is 0 Å². The molecule has 2 heterocycles. The first-order valence-electron chi connectivity index (χ1n) is 8.98. The second kappa shape index (κ2) is 7.72. The van der Waals surface area contributed by atoms with E-state index < -0.39 is 12.0 Å². The van der Waals surface area contributed by atoms with Gasteiger partial charge in [0.15, 0.2) is 11.5 Å². The summed E-state index contributed by atoms with van der Waals surface area (Å²) in [5.74, 6) is 1.14. The zero-order valence-corrected chi connectivity index (χ0v) is 15.7. The SMILES string of the molecule is COc1cc(OC)c(OC)cc1CN1CC2(CCNCC2)C[C@@H]1C(=O)O. The lowest BCUT2D eigenvalue weighted by Crippen LogP contribution is -2.38. The maximum Gasteiger partial charge on any atom is 0.320 e. The van der Waals surface area contributed by atoms with Crippen LogP contribution in [0.15, 0.2) is 12.1 Å². The fourth-order valence-corrected chi connectivity index (χ4v) is 4.31. The molecule has 2 aliphatic heterocycles. The van der Waals surface area contributed by atoms with Gasteiger partial charge in [-0.15, -0.1) is 0 Å². The van der Waals surface area contributed by atoms with Crippen molar-refractivity contribution in [1.29, 1.82) is 0 Å². The van der Waals surface area contributed by atoms with Crippen LogP contribution in [0, 0.1) is 5.41 Å². The highest BCUT2D eigenvalue weighted by Crippen LogP contribution is 2.44. The Hall–Kier alpha value is -1.99. The summed E-state index contributed by atoms with van der Waals surface area (Å²) in [7, 11) is 4.78. The van der Waals surface area contributed by atoms with Crippen molar-refractivity contribution in [3.63, 3.8) is 0 Å². The Kier molecular flexibility index (Phi) is 5.58. The third-order valence-electron chi connectivity index (χ3n) is 5.71. The monoisotopic (exact) mass is 364 g/mol. The van der Waals surface area contributed by atoms with E-state index in [9.17, 15) is 9.90 Å². The third kappa shape index (κ3) is 3.59. The van der Waals surface area contributed by atoms with E-state index in [1.807, 2.05) is 6.07 Å². The number of hydrogen-bond acceptors (Lipinski definition) is 6. The lowest BCUT2D eigenvalue weighted by molar-refractivity contribution is -0.142. The van der Waals surface area contributed by atoms with Crippen molar-refractivity contribution in [3.8, 4) is 17.2 Å². The van der Waals surface area contributed by atoms with Crippen molar-refractivity contribution in [2.75, 3.05) is 41.0 Å². The molecular formula is C19H28N2O5. The number of nitrogens with one attached hydrogen (secondary N) is 1. The van der Waals surface area contributed by atoms with E-state index in [0.29, 0.717) is 30.2 Å². The van der Waals surface area contributed by atoms with Crippen molar-refractivity contribution in [1.82, 2.24) is 10.2 Å². The van der Waals surface area contributed by atoms with E-state index in [4.69, 9.17) is 14.2 Å². The minimum absolute atomic E-state index is 0.0953. The fraction of sp³-hybridized carbons (Fsp3) is 0.632. The summed E-state index contributed by atoms with van der Waals surface area (Å²) < 4.78 is 16.2. The predicted molar refractivity (Wildman–Crippen MR) is 97.1 cm³/mol. The van der Waals surface area contributed by atoms with E-state index in [-0.39, 0.29) is 5.41 Å². The number of likely N-dealkylation sites (tertiary alicyclic amines) is 1. The van der Waals surface area contributed by atoms with Crippen LogP contribution in [0.2, 0.25) is 0 Å². The third-order valence-corrected chi connectivity index (χ3v) is 5.71. The van der Waals surface area contributed by atoms with E-state index in [2.05, 4.69) is 10.2 Å². The summed E-state index contributed by atoms with van der Waals surface area (Å²) in [6, 6.07) is 3.20. The van der Waals surface area contributed by atoms with Crippen molar-refractivity contribution in [2.45, 2.75) is 31.8 Å². The van der Waals surface area contributed by atoms with Crippen molar-refractivity contribution >= 4 is 5.97 Å². The van der Waals surface area contributed by atoms with Gasteiger partial charge in [-0.1, -0.05) is 0 Å². The number of benzene rings is 1. The molecule has 3 rings (SSSR count). The van der Waals surface area contributed by atoms with Gasteiger partial charge < -0.3 is 24.6 Å². The van der Waals surface area contributed by atoms with Crippen molar-refractivity contribution < 1.29 is 24.1 Å². The Labute approximate surface area is 154 Å². The number of carboxylic acid groups (broad SMARTS) is 1. The Bertz CT molecular complexity index is 658. The molecule has 0 amide bonds. The van der Waals surface area contributed by atoms with Gasteiger partial charge in [-0.05, 0) is 43.8 Å². The van der Waals surface area contributed by atoms with Gasteiger partial charge in [0.25, 0.3) is 0 Å². The Balaban J connectivity index is 1.87. The van der Waals surface area contributed by atoms with Gasteiger partial charge in [-0.2, -0.15) is 0 Å². The number of piperidine rings is 1. The van der Waals surface area contributed by atoms with Crippen molar-refractivity contribution in [2.24, 2.45) is 5.41 Å². The molecule has 2 fully saturated rings. The van der Waals surface area contributed by atoms with Crippen LogP contribution in [-0.4, -0.2) is 63.0 Å². The summed E-state index contributed by atoms with van der Waals surface area (Å²) in [6.07, 6.45) is 2.76. The quantitative estimate of drug-likeness (QED) is 0.796. The topological polar surface area (TPSA) is 80.3 Å². The highest BCUT2D eigenvalue weighted by atomic mass is 16.5. The molecule has 2 N–H and O–H groups in total. The smallest absolute Gasteiger partial charge is 0.320 e. The molecule has 0 radical (unpaired) electrons. The molecule has 2 saturated heterocycles. The van der Waals surface area contributed by atoms with Gasteiger partial charge in [0.1, 0.15) is 11.8 Å². The van der Waals surface area contributed by atoms with E-state index in [0.717, 1.165) is 38.0 Å². The van der Waals surface area contributed by atoms with Crippen LogP contribution >= 0.6 is 0 Å². The zero-order valence-electron chi connectivity index (χ0n) is 15.7. The van der Waals surface area contributed by atoms with Crippen LogP contribution in [0.3, 0.4) is 0 Å². The second-order valence-corrected chi connectivity index (χ2v) is 7.23. The van der Waals surface area contributed by atoms with E-state index >= 15 is 0 Å². The standard InChI is InChI=1S/C19H28N2O5/c1-24-15-9-17(26-3)16(25-2)8-13(15)11-21-12-19(4-6-20-7-5-19)10-14(21)18(22)23/h8-9,14,20H,4-7,10-12H2,1-3H3,(H,22,23)/t14-/m1/s1. The minimum Gasteiger partial charge on any atom is -0.496 e. The molecule has 0 bridgehead atoms. The molecule has 0 aromatic heterocycles. The Morgan fingerprint density at radius 3 is 2.35 bits per heavy atom. The van der Waals surface area contributed by atoms with Gasteiger partial charge in [0.05, 0.1) is 21.3 Å². The fourth-order valence-electron chi connectivity index (χ4n) is 4.31. The second-order valence-electron chi connectivity index (χ2n) is 7.23. The number of methoxy groups -OCH3 is 3. The average Bonchev–Trinajstić information content (AvgIpc) is 2.99. The Morgan fingerprint density at radius 2 is 1.77 bits per heavy atom. The number of carboxylic acids is 1. The van der Waals surface area contributed by atoms with Gasteiger partial charge in [-0.3, -0.25) is 9.69 Å². The molecule has 1 spiro atoms. The lowest BCUT2D eigenvalue weighted by atomic mass is 9.77. The molecular weight excluding hydrogens is 336 g/mol. The highest BCUT2D eigenvalue weighted by molar-refractivity contribution is 5.74. The number of aliphatic carboxylic acids is 1. The molecule has 1 aromatic carbocycles. The molecule has 26 heavy (non-hydrogen) atoms. The first-order valence-corrected chi connectivity index (χ1v) is 8.98. The molecule has 1 aromatic rings. The van der Waals surface area contributed by atoms with Crippen LogP contribution in [0.25, 0.3) is 0 Å².